The van der Waals surface area contributed by atoms with Crippen molar-refractivity contribution >= 4 is 5.97 Å². The summed E-state index contributed by atoms with van der Waals surface area (Å²) in [5.74, 6) is -1.12. The van der Waals surface area contributed by atoms with Crippen LogP contribution in [0.2, 0.25) is 0 Å². The van der Waals surface area contributed by atoms with Crippen LogP contribution in [0.3, 0.4) is 0 Å². The maximum atomic E-state index is 12.1. The smallest absolute Gasteiger partial charge is 0.306 e. The second-order valence-corrected chi connectivity index (χ2v) is 9.10. The first-order chi connectivity index (χ1) is 17.1. The predicted octanol–water partition coefficient (Wildman–Crippen LogP) is 7.67. The highest BCUT2D eigenvalue weighted by atomic mass is 16.7. The number of esters is 1. The van der Waals surface area contributed by atoms with Gasteiger partial charge < -0.3 is 14.2 Å². The average molecular weight is 491 g/mol. The van der Waals surface area contributed by atoms with Crippen molar-refractivity contribution in [3.05, 3.63) is 36.4 Å². The Balaban J connectivity index is 0.00000298. The highest BCUT2D eigenvalue weighted by Gasteiger charge is 2.37. The Morgan fingerprint density at radius 3 is 2.09 bits per heavy atom. The molecule has 0 N–H and O–H groups in total. The SMILES string of the molecule is CC.CCCCCCCC/C=C\CCCCCCCC(=O)OC1COC(C)(c2cnccn2)OC1. The third-order valence-corrected chi connectivity index (χ3v) is 6.06. The van der Waals surface area contributed by atoms with Crippen molar-refractivity contribution in [2.24, 2.45) is 0 Å². The van der Waals surface area contributed by atoms with E-state index in [9.17, 15) is 4.79 Å². The molecule has 6 heteroatoms. The molecule has 0 aliphatic carbocycles. The summed E-state index contributed by atoms with van der Waals surface area (Å²) in [4.78, 5) is 20.4. The maximum absolute atomic E-state index is 12.1. The van der Waals surface area contributed by atoms with Crippen molar-refractivity contribution in [1.82, 2.24) is 9.97 Å². The molecule has 1 saturated heterocycles. The van der Waals surface area contributed by atoms with Crippen LogP contribution in [0.1, 0.15) is 123 Å². The number of carbonyl (C=O) groups excluding carboxylic acids is 1. The van der Waals surface area contributed by atoms with Gasteiger partial charge in [-0.05, 0) is 39.0 Å². The van der Waals surface area contributed by atoms with Crippen LogP contribution in [0, 0.1) is 0 Å². The van der Waals surface area contributed by atoms with E-state index in [4.69, 9.17) is 14.2 Å². The van der Waals surface area contributed by atoms with Gasteiger partial charge in [-0.15, -0.1) is 0 Å². The molecule has 0 amide bonds. The van der Waals surface area contributed by atoms with E-state index in [2.05, 4.69) is 29.0 Å². The Labute approximate surface area is 214 Å². The zero-order valence-electron chi connectivity index (χ0n) is 22.8. The van der Waals surface area contributed by atoms with Crippen LogP contribution in [-0.4, -0.2) is 35.3 Å². The molecule has 1 aromatic rings. The molecule has 0 radical (unpaired) electrons. The van der Waals surface area contributed by atoms with Gasteiger partial charge in [0.1, 0.15) is 11.8 Å². The van der Waals surface area contributed by atoms with E-state index in [-0.39, 0.29) is 12.1 Å². The molecule has 0 aromatic carbocycles. The van der Waals surface area contributed by atoms with Crippen LogP contribution < -0.4 is 0 Å². The van der Waals surface area contributed by atoms with E-state index in [1.54, 1.807) is 25.5 Å². The molecule has 0 unspecified atom stereocenters. The standard InChI is InChI=1S/C27H44N2O4.C2H6/c1-3-4-5-6-7-8-9-10-11-12-13-14-15-16-17-18-26(30)33-24-22-31-27(2,32-23-24)25-21-28-19-20-29-25;1-2/h10-11,19-21,24H,3-9,12-18,22-23H2,1-2H3;1-2H3/b11-10-;. The summed E-state index contributed by atoms with van der Waals surface area (Å²) < 4.78 is 17.1. The van der Waals surface area contributed by atoms with Gasteiger partial charge in [-0.25, -0.2) is 0 Å². The second-order valence-electron chi connectivity index (χ2n) is 9.10. The molecule has 1 aromatic heterocycles. The van der Waals surface area contributed by atoms with Crippen LogP contribution in [0.5, 0.6) is 0 Å². The molecule has 1 aliphatic heterocycles. The molecule has 0 spiro atoms. The van der Waals surface area contributed by atoms with Crippen LogP contribution in [-0.2, 0) is 24.8 Å². The van der Waals surface area contributed by atoms with Crippen molar-refractivity contribution in [3.8, 4) is 0 Å². The molecule has 200 valence electrons. The summed E-state index contributed by atoms with van der Waals surface area (Å²) in [7, 11) is 0. The Morgan fingerprint density at radius 2 is 1.51 bits per heavy atom. The fourth-order valence-electron chi connectivity index (χ4n) is 3.93. The van der Waals surface area contributed by atoms with Crippen molar-refractivity contribution in [1.29, 1.82) is 0 Å². The minimum absolute atomic E-state index is 0.173. The summed E-state index contributed by atoms with van der Waals surface area (Å²) in [6.45, 7) is 8.66. The van der Waals surface area contributed by atoms with E-state index in [0.29, 0.717) is 25.3 Å². The predicted molar refractivity (Wildman–Crippen MR) is 142 cm³/mol. The normalized spacial score (nSPS) is 19.8. The zero-order valence-corrected chi connectivity index (χ0v) is 22.8. The van der Waals surface area contributed by atoms with Gasteiger partial charge in [0.15, 0.2) is 0 Å². The van der Waals surface area contributed by atoms with Crippen LogP contribution in [0.4, 0.5) is 0 Å². The third kappa shape index (κ3) is 14.4. The van der Waals surface area contributed by atoms with Crippen molar-refractivity contribution in [2.75, 3.05) is 13.2 Å². The fraction of sp³-hybridized carbons (Fsp3) is 0.759. The first-order valence-corrected chi connectivity index (χ1v) is 14.0. The Morgan fingerprint density at radius 1 is 0.943 bits per heavy atom. The minimum atomic E-state index is -0.944. The molecular formula is C29H50N2O4. The topological polar surface area (TPSA) is 70.5 Å². The lowest BCUT2D eigenvalue weighted by molar-refractivity contribution is -0.295. The lowest BCUT2D eigenvalue weighted by Crippen LogP contribution is -2.44. The van der Waals surface area contributed by atoms with Crippen LogP contribution in [0.25, 0.3) is 0 Å². The molecule has 1 fully saturated rings. The highest BCUT2D eigenvalue weighted by molar-refractivity contribution is 5.69. The molecular weight excluding hydrogens is 440 g/mol. The van der Waals surface area contributed by atoms with Crippen molar-refractivity contribution < 1.29 is 19.0 Å². The highest BCUT2D eigenvalue weighted by Crippen LogP contribution is 2.29. The Bertz CT molecular complexity index is 658. The number of hydrogen-bond acceptors (Lipinski definition) is 6. The van der Waals surface area contributed by atoms with E-state index < -0.39 is 5.79 Å². The first-order valence-electron chi connectivity index (χ1n) is 14.0. The van der Waals surface area contributed by atoms with Gasteiger partial charge in [0.2, 0.25) is 5.79 Å². The van der Waals surface area contributed by atoms with Gasteiger partial charge in [-0.3, -0.25) is 14.8 Å². The number of unbranched alkanes of at least 4 members (excludes halogenated alkanes) is 11. The van der Waals surface area contributed by atoms with E-state index in [1.807, 2.05) is 13.8 Å². The summed E-state index contributed by atoms with van der Waals surface area (Å²) in [5, 5.41) is 0. The van der Waals surface area contributed by atoms with Crippen molar-refractivity contribution in [2.45, 2.75) is 129 Å². The van der Waals surface area contributed by atoms with Crippen molar-refractivity contribution in [3.63, 3.8) is 0 Å². The van der Waals surface area contributed by atoms with Gasteiger partial charge in [-0.2, -0.15) is 0 Å². The third-order valence-electron chi connectivity index (χ3n) is 6.06. The molecule has 0 bridgehead atoms. The molecule has 2 rings (SSSR count). The lowest BCUT2D eigenvalue weighted by Gasteiger charge is -2.36. The Kier molecular flexibility index (Phi) is 18.2. The number of hydrogen-bond donors (Lipinski definition) is 0. The molecule has 2 heterocycles. The second kappa shape index (κ2) is 20.4. The lowest BCUT2D eigenvalue weighted by atomic mass is 10.1. The number of ether oxygens (including phenoxy) is 3. The number of aromatic nitrogens is 2. The quantitative estimate of drug-likeness (QED) is 0.127. The summed E-state index contributed by atoms with van der Waals surface area (Å²) in [6.07, 6.45) is 25.8. The zero-order chi connectivity index (χ0) is 25.6. The van der Waals surface area contributed by atoms with Gasteiger partial charge in [0, 0.05) is 18.8 Å². The molecule has 0 saturated carbocycles. The summed E-state index contributed by atoms with van der Waals surface area (Å²) in [5.41, 5.74) is 0.614. The van der Waals surface area contributed by atoms with Gasteiger partial charge in [0.25, 0.3) is 0 Å². The first kappa shape index (κ1) is 31.2. The minimum Gasteiger partial charge on any atom is -0.457 e. The summed E-state index contributed by atoms with van der Waals surface area (Å²) >= 11 is 0. The average Bonchev–Trinajstić information content (AvgIpc) is 2.89. The van der Waals surface area contributed by atoms with Gasteiger partial charge in [-0.1, -0.05) is 84.3 Å². The molecule has 35 heavy (non-hydrogen) atoms. The number of allylic oxidation sites excluding steroid dienone is 2. The van der Waals surface area contributed by atoms with Crippen LogP contribution in [0.15, 0.2) is 30.7 Å². The number of carbonyl (C=O) groups is 1. The largest absolute Gasteiger partial charge is 0.457 e. The molecule has 6 nitrogen and oxygen atoms in total. The van der Waals surface area contributed by atoms with Crippen LogP contribution >= 0.6 is 0 Å². The monoisotopic (exact) mass is 490 g/mol. The van der Waals surface area contributed by atoms with Gasteiger partial charge >= 0.3 is 5.97 Å². The van der Waals surface area contributed by atoms with Gasteiger partial charge in [0.05, 0.1) is 19.4 Å². The maximum Gasteiger partial charge on any atom is 0.306 e. The fourth-order valence-corrected chi connectivity index (χ4v) is 3.93. The molecule has 1 aliphatic rings. The van der Waals surface area contributed by atoms with E-state index >= 15 is 0 Å². The number of rotatable bonds is 17. The van der Waals surface area contributed by atoms with E-state index in [0.717, 1.165) is 12.8 Å². The molecule has 0 atom stereocenters. The Hall–Kier alpha value is -1.79. The summed E-state index contributed by atoms with van der Waals surface area (Å²) in [6, 6.07) is 0. The number of nitrogens with zero attached hydrogens (tertiary/aromatic N) is 2. The van der Waals surface area contributed by atoms with E-state index in [1.165, 1.54) is 70.6 Å².